The van der Waals surface area contributed by atoms with Crippen LogP contribution >= 0.6 is 11.8 Å². The Balaban J connectivity index is 2.18. The van der Waals surface area contributed by atoms with E-state index >= 15 is 0 Å². The summed E-state index contributed by atoms with van der Waals surface area (Å²) < 4.78 is 6.06. The van der Waals surface area contributed by atoms with Gasteiger partial charge in [-0.3, -0.25) is 0 Å². The highest BCUT2D eigenvalue weighted by Crippen LogP contribution is 2.27. The van der Waals surface area contributed by atoms with Crippen molar-refractivity contribution in [3.8, 4) is 0 Å². The molecule has 0 aliphatic heterocycles. The highest BCUT2D eigenvalue weighted by Gasteiger charge is 2.15. The van der Waals surface area contributed by atoms with Crippen LogP contribution in [0.4, 0.5) is 0 Å². The predicted molar refractivity (Wildman–Crippen MR) is 92.9 cm³/mol. The lowest BCUT2D eigenvalue weighted by atomic mass is 10.1. The summed E-state index contributed by atoms with van der Waals surface area (Å²) in [5.74, 6) is 2.25. The van der Waals surface area contributed by atoms with Gasteiger partial charge in [0.05, 0.1) is 6.54 Å². The molecular formula is C17H26N2OS. The van der Waals surface area contributed by atoms with Gasteiger partial charge in [-0.15, -0.1) is 0 Å². The van der Waals surface area contributed by atoms with Gasteiger partial charge in [-0.1, -0.05) is 25.1 Å². The van der Waals surface area contributed by atoms with Gasteiger partial charge in [0.1, 0.15) is 11.3 Å². The highest BCUT2D eigenvalue weighted by molar-refractivity contribution is 7.98. The van der Waals surface area contributed by atoms with Crippen molar-refractivity contribution in [2.24, 2.45) is 0 Å². The van der Waals surface area contributed by atoms with Crippen molar-refractivity contribution < 1.29 is 4.42 Å². The Morgan fingerprint density at radius 2 is 2.10 bits per heavy atom. The van der Waals surface area contributed by atoms with Crippen LogP contribution in [0.3, 0.4) is 0 Å². The molecule has 0 aliphatic rings. The Morgan fingerprint density at radius 3 is 2.86 bits per heavy atom. The molecule has 0 atom stereocenters. The number of benzene rings is 1. The van der Waals surface area contributed by atoms with Crippen LogP contribution in [0.25, 0.3) is 11.0 Å². The molecule has 0 saturated heterocycles. The zero-order valence-electron chi connectivity index (χ0n) is 13.3. The van der Waals surface area contributed by atoms with E-state index < -0.39 is 0 Å². The maximum atomic E-state index is 6.06. The first kappa shape index (κ1) is 16.4. The molecule has 0 unspecified atom stereocenters. The summed E-state index contributed by atoms with van der Waals surface area (Å²) in [6.07, 6.45) is 3.30. The summed E-state index contributed by atoms with van der Waals surface area (Å²) in [4.78, 5) is 2.37. The second-order valence-electron chi connectivity index (χ2n) is 5.41. The number of fused-ring (bicyclic) bond motifs is 1. The van der Waals surface area contributed by atoms with Crippen LogP contribution < -0.4 is 5.32 Å². The lowest BCUT2D eigenvalue weighted by Gasteiger charge is -2.16. The van der Waals surface area contributed by atoms with Gasteiger partial charge in [0.2, 0.25) is 0 Å². The summed E-state index contributed by atoms with van der Waals surface area (Å²) in [5, 5.41) is 4.70. The van der Waals surface area contributed by atoms with Crippen LogP contribution in [0, 0.1) is 0 Å². The second-order valence-corrected chi connectivity index (χ2v) is 6.39. The van der Waals surface area contributed by atoms with E-state index in [-0.39, 0.29) is 0 Å². The lowest BCUT2D eigenvalue weighted by Crippen LogP contribution is -2.22. The molecule has 0 aliphatic carbocycles. The Bertz CT molecular complexity index is 553. The first-order chi connectivity index (χ1) is 10.3. The number of furan rings is 1. The van der Waals surface area contributed by atoms with Crippen LogP contribution in [0.2, 0.25) is 0 Å². The molecule has 0 saturated carbocycles. The number of hydrogen-bond acceptors (Lipinski definition) is 4. The van der Waals surface area contributed by atoms with Crippen molar-refractivity contribution >= 4 is 22.7 Å². The normalized spacial score (nSPS) is 11.6. The summed E-state index contributed by atoms with van der Waals surface area (Å²) in [6, 6.07) is 8.35. The average Bonchev–Trinajstić information content (AvgIpc) is 2.83. The fourth-order valence-electron chi connectivity index (χ4n) is 2.44. The summed E-state index contributed by atoms with van der Waals surface area (Å²) >= 11 is 1.89. The predicted octanol–water partition coefficient (Wildman–Crippen LogP) is 3.73. The van der Waals surface area contributed by atoms with Crippen molar-refractivity contribution in [3.05, 3.63) is 35.6 Å². The Hall–Kier alpha value is -0.970. The van der Waals surface area contributed by atoms with Gasteiger partial charge >= 0.3 is 0 Å². The van der Waals surface area contributed by atoms with Crippen LogP contribution in [-0.4, -0.2) is 37.0 Å². The van der Waals surface area contributed by atoms with Crippen molar-refractivity contribution in [1.82, 2.24) is 10.2 Å². The molecule has 1 aromatic carbocycles. The molecule has 1 N–H and O–H groups in total. The van der Waals surface area contributed by atoms with E-state index in [4.69, 9.17) is 4.42 Å². The molecule has 0 fully saturated rings. The molecule has 0 radical (unpaired) electrons. The molecule has 2 rings (SSSR count). The maximum Gasteiger partial charge on any atom is 0.134 e. The van der Waals surface area contributed by atoms with Gasteiger partial charge in [-0.2, -0.15) is 11.8 Å². The van der Waals surface area contributed by atoms with E-state index in [1.807, 2.05) is 17.8 Å². The molecule has 0 spiro atoms. The fourth-order valence-corrected chi connectivity index (χ4v) is 2.93. The van der Waals surface area contributed by atoms with Crippen molar-refractivity contribution in [2.45, 2.75) is 26.4 Å². The van der Waals surface area contributed by atoms with E-state index in [0.717, 1.165) is 49.7 Å². The van der Waals surface area contributed by atoms with Gasteiger partial charge < -0.3 is 14.6 Å². The van der Waals surface area contributed by atoms with Gasteiger partial charge in [-0.25, -0.2) is 0 Å². The number of hydrogen-bond donors (Lipinski definition) is 1. The Kier molecular flexibility index (Phi) is 6.61. The number of rotatable bonds is 9. The number of nitrogens with one attached hydrogen (secondary N) is 1. The smallest absolute Gasteiger partial charge is 0.134 e. The molecule has 21 heavy (non-hydrogen) atoms. The molecule has 3 nitrogen and oxygen atoms in total. The molecule has 0 amide bonds. The summed E-state index contributed by atoms with van der Waals surface area (Å²) in [6.45, 7) is 6.07. The number of thioether (sulfide) groups is 1. The molecule has 4 heteroatoms. The van der Waals surface area contributed by atoms with Gasteiger partial charge in [0.25, 0.3) is 0 Å². The first-order valence-corrected chi connectivity index (χ1v) is 9.03. The molecule has 1 aromatic heterocycles. The van der Waals surface area contributed by atoms with Crippen LogP contribution in [0.5, 0.6) is 0 Å². The van der Waals surface area contributed by atoms with Gasteiger partial charge in [-0.05, 0) is 32.3 Å². The minimum atomic E-state index is 0.814. The molecule has 2 aromatic rings. The fraction of sp³-hybridized carbons (Fsp3) is 0.529. The van der Waals surface area contributed by atoms with Crippen LogP contribution in [0.15, 0.2) is 28.7 Å². The van der Waals surface area contributed by atoms with Crippen molar-refractivity contribution in [1.29, 1.82) is 0 Å². The second kappa shape index (κ2) is 8.47. The summed E-state index contributed by atoms with van der Waals surface area (Å²) in [5.41, 5.74) is 2.33. The van der Waals surface area contributed by atoms with Crippen molar-refractivity contribution in [3.63, 3.8) is 0 Å². The standard InChI is InChI=1S/C17H26N2OS/c1-4-9-18-12-17-15(13-19(2)10-11-21-3)14-7-5-6-8-16(14)20-17/h5-8,18H,4,9-13H2,1-3H3. The minimum absolute atomic E-state index is 0.814. The zero-order valence-corrected chi connectivity index (χ0v) is 14.1. The lowest BCUT2D eigenvalue weighted by molar-refractivity contribution is 0.344. The minimum Gasteiger partial charge on any atom is -0.459 e. The van der Waals surface area contributed by atoms with Gasteiger partial charge in [0.15, 0.2) is 0 Å². The highest BCUT2D eigenvalue weighted by atomic mass is 32.2. The SMILES string of the molecule is CCCNCc1oc2ccccc2c1CN(C)CCSC. The topological polar surface area (TPSA) is 28.4 Å². The maximum absolute atomic E-state index is 6.06. The largest absolute Gasteiger partial charge is 0.459 e. The molecule has 116 valence electrons. The van der Waals surface area contributed by atoms with E-state index in [2.05, 4.69) is 48.6 Å². The first-order valence-electron chi connectivity index (χ1n) is 7.63. The zero-order chi connectivity index (χ0) is 15.1. The number of para-hydroxylation sites is 1. The number of nitrogens with zero attached hydrogens (tertiary/aromatic N) is 1. The molecule has 1 heterocycles. The summed E-state index contributed by atoms with van der Waals surface area (Å²) in [7, 11) is 2.18. The van der Waals surface area contributed by atoms with Crippen LogP contribution in [-0.2, 0) is 13.1 Å². The third-order valence-corrected chi connectivity index (χ3v) is 4.19. The van der Waals surface area contributed by atoms with Gasteiger partial charge in [0, 0.05) is 29.8 Å². The molecular weight excluding hydrogens is 280 g/mol. The monoisotopic (exact) mass is 306 g/mol. The van der Waals surface area contributed by atoms with E-state index in [0.29, 0.717) is 0 Å². The third kappa shape index (κ3) is 4.50. The third-order valence-electron chi connectivity index (χ3n) is 3.60. The van der Waals surface area contributed by atoms with Crippen molar-refractivity contribution in [2.75, 3.05) is 32.1 Å². The van der Waals surface area contributed by atoms with Crippen LogP contribution in [0.1, 0.15) is 24.7 Å². The average molecular weight is 306 g/mol. The Morgan fingerprint density at radius 1 is 1.29 bits per heavy atom. The van der Waals surface area contributed by atoms with E-state index in [1.165, 1.54) is 10.9 Å². The van der Waals surface area contributed by atoms with E-state index in [9.17, 15) is 0 Å². The van der Waals surface area contributed by atoms with E-state index in [1.54, 1.807) is 0 Å². The Labute approximate surface area is 132 Å². The quantitative estimate of drug-likeness (QED) is 0.715. The molecule has 0 bridgehead atoms.